The van der Waals surface area contributed by atoms with Gasteiger partial charge < -0.3 is 4.90 Å². The number of hydrogen-bond acceptors (Lipinski definition) is 1. The van der Waals surface area contributed by atoms with Gasteiger partial charge in [0.25, 0.3) is 0 Å². The molecule has 0 fully saturated rings. The van der Waals surface area contributed by atoms with Gasteiger partial charge in [0.1, 0.15) is 0 Å². The second-order valence-corrected chi connectivity index (χ2v) is 10.6. The standard InChI is InChI=1S/C43H31N/c1-4-12-31(13-5-1)33-20-24-36(25-21-33)44(37-26-22-34(23-27-37)32-14-6-2-7-15-32)38-28-29-40-39-18-10-11-19-41(39)43(42(40)30-38)35-16-8-3-9-17-35/h1-30,43H/i1D,2D,4D,5D,6D,7D,12D,13D,14D,15D. The third-order valence-corrected chi connectivity index (χ3v) is 8.13. The lowest BCUT2D eigenvalue weighted by Gasteiger charge is -2.27. The van der Waals surface area contributed by atoms with Crippen LogP contribution in [0.25, 0.3) is 33.4 Å². The van der Waals surface area contributed by atoms with Crippen LogP contribution in [0.4, 0.5) is 17.1 Å². The number of hydrogen-bond donors (Lipinski definition) is 0. The molecule has 0 aromatic heterocycles. The van der Waals surface area contributed by atoms with E-state index in [1.54, 1.807) is 24.3 Å². The molecule has 1 nitrogen and oxygen atoms in total. The largest absolute Gasteiger partial charge is 0.310 e. The van der Waals surface area contributed by atoms with Crippen molar-refractivity contribution < 1.29 is 13.7 Å². The predicted molar refractivity (Wildman–Crippen MR) is 185 cm³/mol. The molecule has 208 valence electrons. The van der Waals surface area contributed by atoms with Gasteiger partial charge >= 0.3 is 0 Å². The molecule has 1 heteroatoms. The van der Waals surface area contributed by atoms with Crippen LogP contribution in [0.15, 0.2) is 182 Å². The van der Waals surface area contributed by atoms with Crippen LogP contribution in [-0.4, -0.2) is 0 Å². The molecule has 1 unspecified atom stereocenters. The van der Waals surface area contributed by atoms with E-state index >= 15 is 0 Å². The molecule has 0 heterocycles. The summed E-state index contributed by atoms with van der Waals surface area (Å²) in [5, 5.41) is 0. The van der Waals surface area contributed by atoms with Crippen molar-refractivity contribution in [3.63, 3.8) is 0 Å². The molecule has 0 saturated carbocycles. The molecule has 44 heavy (non-hydrogen) atoms. The molecule has 1 aliphatic rings. The molecule has 7 aromatic rings. The summed E-state index contributed by atoms with van der Waals surface area (Å²) >= 11 is 0. The normalized spacial score (nSPS) is 16.4. The summed E-state index contributed by atoms with van der Waals surface area (Å²) in [5.74, 6) is -0.00265. The molecule has 0 N–H and O–H groups in total. The van der Waals surface area contributed by atoms with Crippen LogP contribution >= 0.6 is 0 Å². The van der Waals surface area contributed by atoms with E-state index in [4.69, 9.17) is 13.7 Å². The second-order valence-electron chi connectivity index (χ2n) is 10.6. The third-order valence-electron chi connectivity index (χ3n) is 8.13. The Morgan fingerprint density at radius 3 is 1.50 bits per heavy atom. The summed E-state index contributed by atoms with van der Waals surface area (Å²) in [7, 11) is 0. The first-order valence-corrected chi connectivity index (χ1v) is 14.4. The average Bonchev–Trinajstić information content (AvgIpc) is 3.53. The number of benzene rings is 7. The number of rotatable bonds is 6. The zero-order chi connectivity index (χ0) is 38.0. The fourth-order valence-electron chi connectivity index (χ4n) is 6.13. The van der Waals surface area contributed by atoms with Crippen molar-refractivity contribution in [1.82, 2.24) is 0 Å². The molecule has 0 saturated heterocycles. The van der Waals surface area contributed by atoms with Crippen LogP contribution in [0.2, 0.25) is 0 Å². The molecule has 0 aliphatic heterocycles. The lowest BCUT2D eigenvalue weighted by atomic mass is 9.89. The van der Waals surface area contributed by atoms with Gasteiger partial charge in [0.2, 0.25) is 0 Å². The van der Waals surface area contributed by atoms with Gasteiger partial charge in [-0.15, -0.1) is 0 Å². The number of anilines is 3. The van der Waals surface area contributed by atoms with Gasteiger partial charge in [-0.2, -0.15) is 0 Å². The van der Waals surface area contributed by atoms with Gasteiger partial charge in [-0.3, -0.25) is 0 Å². The topological polar surface area (TPSA) is 3.24 Å². The van der Waals surface area contributed by atoms with Crippen molar-refractivity contribution in [1.29, 1.82) is 0 Å². The highest BCUT2D eigenvalue weighted by Gasteiger charge is 2.30. The van der Waals surface area contributed by atoms with Crippen molar-refractivity contribution in [2.24, 2.45) is 0 Å². The fraction of sp³-hybridized carbons (Fsp3) is 0.0233. The minimum absolute atomic E-state index is 0.00265. The lowest BCUT2D eigenvalue weighted by molar-refractivity contribution is 1.01. The SMILES string of the molecule is [2H]c1c([2H])c([2H])c(-c2ccc(N(c3ccc(-c4c([2H])c([2H])c([2H])c([2H])c4[2H])cc3)c3ccc4c(c3)C(c3ccccc3)c3ccccc3-4)cc2)c([2H])c1[2H]. The van der Waals surface area contributed by atoms with E-state index < -0.39 is 36.3 Å². The van der Waals surface area contributed by atoms with Crippen LogP contribution < -0.4 is 4.90 Å². The molecular weight excluding hydrogens is 530 g/mol. The first-order valence-electron chi connectivity index (χ1n) is 19.4. The quantitative estimate of drug-likeness (QED) is 0.192. The van der Waals surface area contributed by atoms with Gasteiger partial charge in [0.15, 0.2) is 0 Å². The molecular formula is C43H31N. The molecule has 0 radical (unpaired) electrons. The van der Waals surface area contributed by atoms with E-state index in [2.05, 4.69) is 48.5 Å². The van der Waals surface area contributed by atoms with Gasteiger partial charge in [-0.25, -0.2) is 0 Å². The zero-order valence-corrected chi connectivity index (χ0v) is 23.6. The van der Waals surface area contributed by atoms with Crippen molar-refractivity contribution in [2.45, 2.75) is 5.92 Å². The Morgan fingerprint density at radius 2 is 0.909 bits per heavy atom. The van der Waals surface area contributed by atoms with E-state index in [9.17, 15) is 0 Å². The van der Waals surface area contributed by atoms with E-state index in [1.807, 2.05) is 53.4 Å². The maximum Gasteiger partial charge on any atom is 0.0629 e. The first kappa shape index (κ1) is 17.5. The molecule has 8 rings (SSSR count). The summed E-state index contributed by atoms with van der Waals surface area (Å²) < 4.78 is 82.8. The van der Waals surface area contributed by atoms with Crippen LogP contribution in [-0.2, 0) is 0 Å². The Balaban J connectivity index is 1.29. The van der Waals surface area contributed by atoms with Crippen molar-refractivity contribution in [2.75, 3.05) is 4.90 Å². The Morgan fingerprint density at radius 1 is 0.409 bits per heavy atom. The Bertz CT molecular complexity index is 2430. The highest BCUT2D eigenvalue weighted by molar-refractivity contribution is 5.86. The van der Waals surface area contributed by atoms with Crippen LogP contribution in [0.3, 0.4) is 0 Å². The third kappa shape index (κ3) is 4.69. The maximum absolute atomic E-state index is 8.51. The summed E-state index contributed by atoms with van der Waals surface area (Å²) in [6.07, 6.45) is 0. The smallest absolute Gasteiger partial charge is 0.0629 e. The van der Waals surface area contributed by atoms with Crippen LogP contribution in [0, 0.1) is 0 Å². The summed E-state index contributed by atoms with van der Waals surface area (Å²) in [6, 6.07) is 35.9. The highest BCUT2D eigenvalue weighted by atomic mass is 15.1. The average molecular weight is 572 g/mol. The van der Waals surface area contributed by atoms with Crippen LogP contribution in [0.5, 0.6) is 0 Å². The number of fused-ring (bicyclic) bond motifs is 3. The molecule has 0 bridgehead atoms. The van der Waals surface area contributed by atoms with Crippen molar-refractivity contribution >= 4 is 17.1 Å². The van der Waals surface area contributed by atoms with Gasteiger partial charge in [-0.1, -0.05) is 145 Å². The number of nitrogens with zero attached hydrogens (tertiary/aromatic N) is 1. The summed E-state index contributed by atoms with van der Waals surface area (Å²) in [5.41, 5.74) is 9.30. The first-order chi connectivity index (χ1) is 26.0. The minimum Gasteiger partial charge on any atom is -0.310 e. The second kappa shape index (κ2) is 11.2. The molecule has 0 spiro atoms. The lowest BCUT2D eigenvalue weighted by Crippen LogP contribution is -2.11. The zero-order valence-electron chi connectivity index (χ0n) is 33.6. The minimum atomic E-state index is -0.448. The van der Waals surface area contributed by atoms with E-state index in [0.717, 1.165) is 28.2 Å². The predicted octanol–water partition coefficient (Wildman–Crippen LogP) is 11.7. The maximum atomic E-state index is 8.51. The highest BCUT2D eigenvalue weighted by Crippen LogP contribution is 2.50. The Labute approximate surface area is 273 Å². The van der Waals surface area contributed by atoms with Gasteiger partial charge in [0, 0.05) is 23.0 Å². The van der Waals surface area contributed by atoms with Gasteiger partial charge in [-0.05, 0) is 86.5 Å². The van der Waals surface area contributed by atoms with E-state index in [1.165, 1.54) is 16.7 Å². The Kier molecular flexibility index (Phi) is 4.44. The Hall–Kier alpha value is -5.66. The van der Waals surface area contributed by atoms with Crippen molar-refractivity contribution in [3.05, 3.63) is 198 Å². The summed E-state index contributed by atoms with van der Waals surface area (Å²) in [4.78, 5) is 2.04. The van der Waals surface area contributed by atoms with E-state index in [-0.39, 0.29) is 41.2 Å². The molecule has 1 aliphatic carbocycles. The monoisotopic (exact) mass is 571 g/mol. The van der Waals surface area contributed by atoms with Crippen molar-refractivity contribution in [3.8, 4) is 33.4 Å². The van der Waals surface area contributed by atoms with Crippen LogP contribution in [0.1, 0.15) is 36.3 Å². The fourth-order valence-corrected chi connectivity index (χ4v) is 6.13. The molecule has 1 atom stereocenters. The van der Waals surface area contributed by atoms with E-state index in [0.29, 0.717) is 11.1 Å². The molecule has 0 amide bonds. The van der Waals surface area contributed by atoms with Gasteiger partial charge in [0.05, 0.1) is 13.7 Å². The molecule has 7 aromatic carbocycles. The summed E-state index contributed by atoms with van der Waals surface area (Å²) in [6.45, 7) is 0.